The predicted octanol–water partition coefficient (Wildman–Crippen LogP) is 2.52. The summed E-state index contributed by atoms with van der Waals surface area (Å²) >= 11 is 0. The molecule has 2 N–H and O–H groups in total. The normalized spacial score (nSPS) is 15.3. The van der Waals surface area contributed by atoms with Crippen LogP contribution in [0.15, 0.2) is 30.3 Å². The van der Waals surface area contributed by atoms with Crippen LogP contribution in [0.25, 0.3) is 0 Å². The maximum absolute atomic E-state index is 9.84. The molecule has 84 valence electrons. The average Bonchev–Trinajstić information content (AvgIpc) is 2.17. The molecule has 0 aliphatic carbocycles. The minimum absolute atomic E-state index is 0.416. The average molecular weight is 208 g/mol. The Morgan fingerprint density at radius 3 is 2.13 bits per heavy atom. The van der Waals surface area contributed by atoms with E-state index in [-0.39, 0.29) is 0 Å². The summed E-state index contributed by atoms with van der Waals surface area (Å²) < 4.78 is 0. The van der Waals surface area contributed by atoms with Gasteiger partial charge in [0.05, 0.1) is 12.2 Å². The van der Waals surface area contributed by atoms with Crippen LogP contribution in [0.3, 0.4) is 0 Å². The van der Waals surface area contributed by atoms with E-state index in [1.807, 2.05) is 30.3 Å². The zero-order valence-corrected chi connectivity index (χ0v) is 9.43. The first-order valence-corrected chi connectivity index (χ1v) is 5.50. The van der Waals surface area contributed by atoms with Gasteiger partial charge in [-0.15, -0.1) is 0 Å². The largest absolute Gasteiger partial charge is 0.393 e. The summed E-state index contributed by atoms with van der Waals surface area (Å²) in [5, 5.41) is 19.5. The summed E-state index contributed by atoms with van der Waals surface area (Å²) in [5.74, 6) is 0.461. The Hall–Kier alpha value is -0.860. The van der Waals surface area contributed by atoms with Gasteiger partial charge in [-0.3, -0.25) is 0 Å². The van der Waals surface area contributed by atoms with Gasteiger partial charge in [-0.2, -0.15) is 0 Å². The molecule has 0 bridgehead atoms. The van der Waals surface area contributed by atoms with E-state index in [9.17, 15) is 10.2 Å². The van der Waals surface area contributed by atoms with Crippen molar-refractivity contribution in [2.24, 2.45) is 5.92 Å². The van der Waals surface area contributed by atoms with E-state index in [2.05, 4.69) is 13.8 Å². The van der Waals surface area contributed by atoms with Gasteiger partial charge in [-0.05, 0) is 17.9 Å². The van der Waals surface area contributed by atoms with Crippen molar-refractivity contribution in [2.45, 2.75) is 38.9 Å². The van der Waals surface area contributed by atoms with Crippen LogP contribution in [-0.2, 0) is 0 Å². The molecule has 2 nitrogen and oxygen atoms in total. The van der Waals surface area contributed by atoms with Crippen molar-refractivity contribution in [3.8, 4) is 0 Å². The monoisotopic (exact) mass is 208 g/mol. The maximum atomic E-state index is 9.84. The number of hydrogen-bond donors (Lipinski definition) is 2. The third-order valence-corrected chi connectivity index (χ3v) is 2.42. The van der Waals surface area contributed by atoms with Gasteiger partial charge < -0.3 is 10.2 Å². The highest BCUT2D eigenvalue weighted by Crippen LogP contribution is 2.20. The van der Waals surface area contributed by atoms with Gasteiger partial charge in [0.25, 0.3) is 0 Å². The van der Waals surface area contributed by atoms with Crippen molar-refractivity contribution >= 4 is 0 Å². The SMILES string of the molecule is CC(C)C[C@@H](O)C[C@H](O)c1ccccc1. The lowest BCUT2D eigenvalue weighted by atomic mass is 9.98. The molecule has 0 aromatic heterocycles. The van der Waals surface area contributed by atoms with Gasteiger partial charge in [0.1, 0.15) is 0 Å². The van der Waals surface area contributed by atoms with E-state index >= 15 is 0 Å². The summed E-state index contributed by atoms with van der Waals surface area (Å²) in [6, 6.07) is 9.47. The highest BCUT2D eigenvalue weighted by atomic mass is 16.3. The zero-order valence-electron chi connectivity index (χ0n) is 9.43. The lowest BCUT2D eigenvalue weighted by Crippen LogP contribution is -2.14. The first kappa shape index (κ1) is 12.2. The van der Waals surface area contributed by atoms with E-state index < -0.39 is 12.2 Å². The Bertz CT molecular complexity index is 269. The number of aliphatic hydroxyl groups is 2. The van der Waals surface area contributed by atoms with E-state index in [0.29, 0.717) is 12.3 Å². The van der Waals surface area contributed by atoms with Gasteiger partial charge in [0.15, 0.2) is 0 Å². The minimum Gasteiger partial charge on any atom is -0.393 e. The van der Waals surface area contributed by atoms with Crippen LogP contribution in [0.1, 0.15) is 38.4 Å². The van der Waals surface area contributed by atoms with Crippen molar-refractivity contribution in [3.05, 3.63) is 35.9 Å². The fourth-order valence-corrected chi connectivity index (χ4v) is 1.71. The lowest BCUT2D eigenvalue weighted by Gasteiger charge is -2.17. The molecule has 15 heavy (non-hydrogen) atoms. The van der Waals surface area contributed by atoms with Gasteiger partial charge in [-0.1, -0.05) is 44.2 Å². The number of rotatable bonds is 5. The van der Waals surface area contributed by atoms with E-state index in [4.69, 9.17) is 0 Å². The van der Waals surface area contributed by atoms with Crippen molar-refractivity contribution < 1.29 is 10.2 Å². The minimum atomic E-state index is -0.556. The molecule has 0 saturated heterocycles. The van der Waals surface area contributed by atoms with Crippen LogP contribution in [0, 0.1) is 5.92 Å². The Kier molecular flexibility index (Phi) is 4.79. The Morgan fingerprint density at radius 2 is 1.60 bits per heavy atom. The molecule has 0 fully saturated rings. The Labute approximate surface area is 91.6 Å². The predicted molar refractivity (Wildman–Crippen MR) is 61.5 cm³/mol. The van der Waals surface area contributed by atoms with Crippen LogP contribution in [0.5, 0.6) is 0 Å². The molecule has 2 atom stereocenters. The zero-order chi connectivity index (χ0) is 11.3. The second kappa shape index (κ2) is 5.89. The fourth-order valence-electron chi connectivity index (χ4n) is 1.71. The summed E-state index contributed by atoms with van der Waals surface area (Å²) in [7, 11) is 0. The van der Waals surface area contributed by atoms with E-state index in [1.165, 1.54) is 0 Å². The van der Waals surface area contributed by atoms with Crippen molar-refractivity contribution in [2.75, 3.05) is 0 Å². The third kappa shape index (κ3) is 4.45. The molecule has 1 aromatic rings. The fraction of sp³-hybridized carbons (Fsp3) is 0.538. The molecule has 0 amide bonds. The van der Waals surface area contributed by atoms with Gasteiger partial charge >= 0.3 is 0 Å². The quantitative estimate of drug-likeness (QED) is 0.780. The van der Waals surface area contributed by atoms with Gasteiger partial charge in [0.2, 0.25) is 0 Å². The molecular weight excluding hydrogens is 188 g/mol. The summed E-state index contributed by atoms with van der Waals surface area (Å²) in [5.41, 5.74) is 0.875. The molecule has 2 heteroatoms. The molecule has 1 aromatic carbocycles. The highest BCUT2D eigenvalue weighted by Gasteiger charge is 2.14. The Morgan fingerprint density at radius 1 is 1.00 bits per heavy atom. The van der Waals surface area contributed by atoms with Crippen molar-refractivity contribution in [1.29, 1.82) is 0 Å². The van der Waals surface area contributed by atoms with E-state index in [1.54, 1.807) is 0 Å². The third-order valence-electron chi connectivity index (χ3n) is 2.42. The summed E-state index contributed by atoms with van der Waals surface area (Å²) in [4.78, 5) is 0. The number of benzene rings is 1. The first-order chi connectivity index (χ1) is 7.09. The van der Waals surface area contributed by atoms with Crippen molar-refractivity contribution in [3.63, 3.8) is 0 Å². The molecular formula is C13H20O2. The molecule has 0 saturated carbocycles. The second-order valence-electron chi connectivity index (χ2n) is 4.45. The smallest absolute Gasteiger partial charge is 0.0814 e. The summed E-state index contributed by atoms with van der Waals surface area (Å²) in [6.45, 7) is 4.14. The van der Waals surface area contributed by atoms with E-state index in [0.717, 1.165) is 12.0 Å². The first-order valence-electron chi connectivity index (χ1n) is 5.50. The molecule has 0 heterocycles. The van der Waals surface area contributed by atoms with Crippen LogP contribution >= 0.6 is 0 Å². The van der Waals surface area contributed by atoms with Crippen LogP contribution in [-0.4, -0.2) is 16.3 Å². The van der Waals surface area contributed by atoms with Crippen LogP contribution in [0.4, 0.5) is 0 Å². The number of aliphatic hydroxyl groups excluding tert-OH is 2. The van der Waals surface area contributed by atoms with Gasteiger partial charge in [-0.25, -0.2) is 0 Å². The maximum Gasteiger partial charge on any atom is 0.0814 e. The van der Waals surface area contributed by atoms with Crippen LogP contribution in [0.2, 0.25) is 0 Å². The molecule has 0 aliphatic heterocycles. The molecule has 1 rings (SSSR count). The van der Waals surface area contributed by atoms with Crippen LogP contribution < -0.4 is 0 Å². The van der Waals surface area contributed by atoms with Gasteiger partial charge in [0, 0.05) is 6.42 Å². The molecule has 0 aliphatic rings. The molecule has 0 radical (unpaired) electrons. The summed E-state index contributed by atoms with van der Waals surface area (Å²) in [6.07, 6.45) is 0.187. The highest BCUT2D eigenvalue weighted by molar-refractivity contribution is 5.17. The second-order valence-corrected chi connectivity index (χ2v) is 4.45. The Balaban J connectivity index is 2.45. The number of hydrogen-bond acceptors (Lipinski definition) is 2. The molecule has 0 unspecified atom stereocenters. The standard InChI is InChI=1S/C13H20O2/c1-10(2)8-12(14)9-13(15)11-6-4-3-5-7-11/h3-7,10,12-15H,8-9H2,1-2H3/t12-,13+/m1/s1. The molecule has 0 spiro atoms. The topological polar surface area (TPSA) is 40.5 Å². The lowest BCUT2D eigenvalue weighted by molar-refractivity contribution is 0.0681. The van der Waals surface area contributed by atoms with Crippen molar-refractivity contribution in [1.82, 2.24) is 0 Å².